The predicted molar refractivity (Wildman–Crippen MR) is 80.9 cm³/mol. The lowest BCUT2D eigenvalue weighted by molar-refractivity contribution is 0.418. The molecule has 19 heavy (non-hydrogen) atoms. The van der Waals surface area contributed by atoms with E-state index in [0.717, 1.165) is 18.7 Å². The van der Waals surface area contributed by atoms with Gasteiger partial charge in [0.1, 0.15) is 5.75 Å². The summed E-state index contributed by atoms with van der Waals surface area (Å²) < 4.78 is 7.60. The molecule has 0 unspecified atom stereocenters. The van der Waals surface area contributed by atoms with Crippen molar-refractivity contribution < 1.29 is 4.74 Å². The lowest BCUT2D eigenvalue weighted by Gasteiger charge is -2.20. The van der Waals surface area contributed by atoms with Gasteiger partial charge in [0.25, 0.3) is 0 Å². The molecule has 0 saturated heterocycles. The van der Waals surface area contributed by atoms with Gasteiger partial charge in [-0.05, 0) is 45.4 Å². The van der Waals surface area contributed by atoms with Gasteiger partial charge in [0.2, 0.25) is 0 Å². The molecule has 104 valence electrons. The zero-order valence-electron chi connectivity index (χ0n) is 12.6. The van der Waals surface area contributed by atoms with Crippen molar-refractivity contribution in [3.05, 3.63) is 30.0 Å². The molecule has 0 aliphatic rings. The van der Waals surface area contributed by atoms with Gasteiger partial charge in [-0.25, -0.2) is 0 Å². The number of fused-ring (bicyclic) bond motifs is 1. The summed E-state index contributed by atoms with van der Waals surface area (Å²) >= 11 is 0. The third-order valence-corrected chi connectivity index (χ3v) is 3.32. The van der Waals surface area contributed by atoms with Gasteiger partial charge in [-0.2, -0.15) is 0 Å². The lowest BCUT2D eigenvalue weighted by Crippen LogP contribution is -2.37. The molecule has 1 aromatic heterocycles. The van der Waals surface area contributed by atoms with Crippen LogP contribution in [0.25, 0.3) is 10.9 Å². The van der Waals surface area contributed by atoms with Gasteiger partial charge >= 0.3 is 0 Å². The van der Waals surface area contributed by atoms with Gasteiger partial charge in [0, 0.05) is 24.2 Å². The molecule has 0 bridgehead atoms. The highest BCUT2D eigenvalue weighted by molar-refractivity contribution is 5.89. The van der Waals surface area contributed by atoms with E-state index in [9.17, 15) is 0 Å². The topological polar surface area (TPSA) is 26.2 Å². The summed E-state index contributed by atoms with van der Waals surface area (Å²) in [6, 6.07) is 6.24. The fourth-order valence-corrected chi connectivity index (χ4v) is 2.45. The second kappa shape index (κ2) is 5.25. The van der Waals surface area contributed by atoms with Gasteiger partial charge in [-0.3, -0.25) is 0 Å². The van der Waals surface area contributed by atoms with E-state index in [0.29, 0.717) is 0 Å². The predicted octanol–water partition coefficient (Wildman–Crippen LogP) is 3.12. The smallest absolute Gasteiger partial charge is 0.143 e. The van der Waals surface area contributed by atoms with E-state index in [1.807, 2.05) is 6.07 Å². The van der Waals surface area contributed by atoms with E-state index in [2.05, 4.69) is 56.0 Å². The van der Waals surface area contributed by atoms with Crippen molar-refractivity contribution >= 4 is 10.9 Å². The molecule has 2 rings (SSSR count). The number of nitrogens with one attached hydrogen (secondary N) is 1. The number of nitrogens with zero attached hydrogens (tertiary/aromatic N) is 1. The average molecular weight is 260 g/mol. The second-order valence-electron chi connectivity index (χ2n) is 6.05. The van der Waals surface area contributed by atoms with Crippen LogP contribution < -0.4 is 10.1 Å². The molecule has 2 aromatic rings. The molecule has 0 radical (unpaired) electrons. The number of ether oxygens (including phenoxy) is 1. The Morgan fingerprint density at radius 1 is 1.26 bits per heavy atom. The van der Waals surface area contributed by atoms with Crippen molar-refractivity contribution in [3.63, 3.8) is 0 Å². The SMILES string of the molecule is COc1cccc2c(CCNC(C)(C)C)cn(C)c12. The maximum absolute atomic E-state index is 5.44. The van der Waals surface area contributed by atoms with Gasteiger partial charge in [-0.1, -0.05) is 12.1 Å². The van der Waals surface area contributed by atoms with E-state index in [4.69, 9.17) is 4.74 Å². The third kappa shape index (κ3) is 3.10. The van der Waals surface area contributed by atoms with Crippen LogP contribution in [-0.4, -0.2) is 23.8 Å². The maximum Gasteiger partial charge on any atom is 0.143 e. The number of aromatic nitrogens is 1. The zero-order valence-corrected chi connectivity index (χ0v) is 12.6. The number of methoxy groups -OCH3 is 1. The molecular formula is C16H24N2O. The first kappa shape index (κ1) is 13.9. The standard InChI is InChI=1S/C16H24N2O/c1-16(2,3)17-10-9-12-11-18(4)15-13(12)7-6-8-14(15)19-5/h6-8,11,17H,9-10H2,1-5H3. The molecule has 0 fully saturated rings. The van der Waals surface area contributed by atoms with Gasteiger partial charge in [-0.15, -0.1) is 0 Å². The second-order valence-corrected chi connectivity index (χ2v) is 6.05. The maximum atomic E-state index is 5.44. The lowest BCUT2D eigenvalue weighted by atomic mass is 10.1. The van der Waals surface area contributed by atoms with E-state index in [1.165, 1.54) is 16.5 Å². The zero-order chi connectivity index (χ0) is 14.0. The van der Waals surface area contributed by atoms with Crippen LogP contribution in [0.15, 0.2) is 24.4 Å². The molecule has 1 aromatic carbocycles. The average Bonchev–Trinajstić information content (AvgIpc) is 2.65. The summed E-state index contributed by atoms with van der Waals surface area (Å²) in [5, 5.41) is 4.82. The largest absolute Gasteiger partial charge is 0.495 e. The first-order chi connectivity index (χ1) is 8.92. The highest BCUT2D eigenvalue weighted by atomic mass is 16.5. The fraction of sp³-hybridized carbons (Fsp3) is 0.500. The molecule has 0 atom stereocenters. The normalized spacial score (nSPS) is 12.1. The number of aryl methyl sites for hydroxylation is 1. The number of rotatable bonds is 4. The molecule has 0 amide bonds. The highest BCUT2D eigenvalue weighted by Crippen LogP contribution is 2.29. The van der Waals surface area contributed by atoms with Crippen LogP contribution in [-0.2, 0) is 13.5 Å². The molecule has 3 nitrogen and oxygen atoms in total. The van der Waals surface area contributed by atoms with E-state index < -0.39 is 0 Å². The molecule has 3 heteroatoms. The molecular weight excluding hydrogens is 236 g/mol. The molecule has 1 N–H and O–H groups in total. The van der Waals surface area contributed by atoms with Crippen LogP contribution in [0.5, 0.6) is 5.75 Å². The summed E-state index contributed by atoms with van der Waals surface area (Å²) in [4.78, 5) is 0. The van der Waals surface area contributed by atoms with E-state index in [1.54, 1.807) is 7.11 Å². The summed E-state index contributed by atoms with van der Waals surface area (Å²) in [5.74, 6) is 0.940. The molecule has 0 saturated carbocycles. The van der Waals surface area contributed by atoms with Crippen LogP contribution in [0.4, 0.5) is 0 Å². The van der Waals surface area contributed by atoms with E-state index in [-0.39, 0.29) is 5.54 Å². The Bertz CT molecular complexity index is 564. The fourth-order valence-electron chi connectivity index (χ4n) is 2.45. The Morgan fingerprint density at radius 3 is 2.63 bits per heavy atom. The Balaban J connectivity index is 2.25. The summed E-state index contributed by atoms with van der Waals surface area (Å²) in [6.45, 7) is 7.57. The van der Waals surface area contributed by atoms with Crippen molar-refractivity contribution in [2.24, 2.45) is 7.05 Å². The number of para-hydroxylation sites is 1. The number of hydrogen-bond acceptors (Lipinski definition) is 2. The van der Waals surface area contributed by atoms with Crippen LogP contribution in [0.1, 0.15) is 26.3 Å². The van der Waals surface area contributed by atoms with Gasteiger partial charge < -0.3 is 14.6 Å². The summed E-state index contributed by atoms with van der Waals surface area (Å²) in [7, 11) is 3.80. The molecule has 1 heterocycles. The Kier molecular flexibility index (Phi) is 3.85. The van der Waals surface area contributed by atoms with Crippen molar-refractivity contribution in [2.75, 3.05) is 13.7 Å². The minimum Gasteiger partial charge on any atom is -0.495 e. The first-order valence-corrected chi connectivity index (χ1v) is 6.78. The summed E-state index contributed by atoms with van der Waals surface area (Å²) in [5.41, 5.74) is 2.71. The number of benzene rings is 1. The molecule has 0 aliphatic heterocycles. The molecule has 0 spiro atoms. The van der Waals surface area contributed by atoms with E-state index >= 15 is 0 Å². The quantitative estimate of drug-likeness (QED) is 0.914. The Hall–Kier alpha value is -1.48. The third-order valence-electron chi connectivity index (χ3n) is 3.32. The monoisotopic (exact) mass is 260 g/mol. The summed E-state index contributed by atoms with van der Waals surface area (Å²) in [6.07, 6.45) is 3.24. The Labute approximate surface area is 115 Å². The van der Waals surface area contributed by atoms with Crippen LogP contribution >= 0.6 is 0 Å². The first-order valence-electron chi connectivity index (χ1n) is 6.78. The minimum atomic E-state index is 0.169. The minimum absolute atomic E-state index is 0.169. The van der Waals surface area contributed by atoms with Crippen molar-refractivity contribution in [3.8, 4) is 5.75 Å². The van der Waals surface area contributed by atoms with Crippen LogP contribution in [0.3, 0.4) is 0 Å². The van der Waals surface area contributed by atoms with Crippen molar-refractivity contribution in [1.29, 1.82) is 0 Å². The van der Waals surface area contributed by atoms with Crippen LogP contribution in [0.2, 0.25) is 0 Å². The highest BCUT2D eigenvalue weighted by Gasteiger charge is 2.12. The van der Waals surface area contributed by atoms with Gasteiger partial charge in [0.05, 0.1) is 12.6 Å². The number of hydrogen-bond donors (Lipinski definition) is 1. The molecule has 0 aliphatic carbocycles. The van der Waals surface area contributed by atoms with Gasteiger partial charge in [0.15, 0.2) is 0 Å². The van der Waals surface area contributed by atoms with Crippen molar-refractivity contribution in [1.82, 2.24) is 9.88 Å². The Morgan fingerprint density at radius 2 is 2.00 bits per heavy atom. The van der Waals surface area contributed by atoms with Crippen LogP contribution in [0, 0.1) is 0 Å². The van der Waals surface area contributed by atoms with Crippen molar-refractivity contribution in [2.45, 2.75) is 32.7 Å².